The Kier molecular flexibility index (Phi) is 12.6. The second-order valence-corrected chi connectivity index (χ2v) is 13.2. The van der Waals surface area contributed by atoms with E-state index in [0.29, 0.717) is 39.0 Å². The first-order valence-corrected chi connectivity index (χ1v) is 15.9. The third-order valence-electron chi connectivity index (χ3n) is 8.87. The van der Waals surface area contributed by atoms with Gasteiger partial charge in [0.25, 0.3) is 5.91 Å². The smallest absolute Gasteiger partial charge is 0.319 e. The maximum Gasteiger partial charge on any atom is 0.319 e. The minimum absolute atomic E-state index is 0.0691. The zero-order valence-electron chi connectivity index (χ0n) is 26.8. The van der Waals surface area contributed by atoms with E-state index in [2.05, 4.69) is 27.8 Å². The molecule has 3 aliphatic rings. The Morgan fingerprint density at radius 2 is 1.64 bits per heavy atom. The average Bonchev–Trinajstić information content (AvgIpc) is 3.49. The van der Waals surface area contributed by atoms with Crippen molar-refractivity contribution in [3.8, 4) is 0 Å². The first kappa shape index (κ1) is 34.8. The van der Waals surface area contributed by atoms with Crippen molar-refractivity contribution in [2.75, 3.05) is 46.3 Å². The fourth-order valence-electron chi connectivity index (χ4n) is 6.16. The summed E-state index contributed by atoms with van der Waals surface area (Å²) in [6.07, 6.45) is 7.86. The van der Waals surface area contributed by atoms with Crippen molar-refractivity contribution in [3.63, 3.8) is 0 Å². The Labute approximate surface area is 260 Å². The molecule has 44 heavy (non-hydrogen) atoms. The summed E-state index contributed by atoms with van der Waals surface area (Å²) in [5, 5.41) is 10.9. The molecule has 2 heterocycles. The second kappa shape index (κ2) is 15.9. The number of ketones is 1. The number of urea groups is 2. The van der Waals surface area contributed by atoms with Crippen molar-refractivity contribution in [3.05, 3.63) is 12.7 Å². The lowest BCUT2D eigenvalue weighted by molar-refractivity contribution is -0.142. The van der Waals surface area contributed by atoms with E-state index in [4.69, 9.17) is 0 Å². The predicted octanol–water partition coefficient (Wildman–Crippen LogP) is 1.39. The first-order valence-electron chi connectivity index (χ1n) is 15.9. The Bertz CT molecular complexity index is 1080. The molecule has 0 aromatic carbocycles. The van der Waals surface area contributed by atoms with E-state index in [1.165, 1.54) is 11.0 Å². The molecule has 1 saturated carbocycles. The molecule has 3 rings (SSSR count). The minimum Gasteiger partial charge on any atom is -0.347 e. The second-order valence-electron chi connectivity index (χ2n) is 13.2. The highest BCUT2D eigenvalue weighted by Crippen LogP contribution is 2.29. The van der Waals surface area contributed by atoms with Crippen molar-refractivity contribution in [2.24, 2.45) is 11.3 Å². The molecule has 0 radical (unpaired) electrons. The van der Waals surface area contributed by atoms with E-state index in [0.717, 1.165) is 38.5 Å². The standard InChI is InChI=1S/C31H51N7O6/c1-6-15-32-27(41)23(39)19-33-26(40)22-14-10-18-38(22)28(42)25(21-12-8-7-9-13-21)35-29(43)34-24(31(2,3)4)20-37-17-11-16-36(5)30(37)44/h6,21-22,24-25H,1,7-20H2,2-5H3,(H,32,41)(H,33,40)(H2,34,35,43)/t22-,24+,25-/m0/s1. The van der Waals surface area contributed by atoms with Crippen LogP contribution in [-0.2, 0) is 19.2 Å². The van der Waals surface area contributed by atoms with Crippen LogP contribution in [0.1, 0.15) is 72.1 Å². The molecule has 2 saturated heterocycles. The van der Waals surface area contributed by atoms with Gasteiger partial charge in [0.15, 0.2) is 0 Å². The van der Waals surface area contributed by atoms with Crippen LogP contribution < -0.4 is 21.3 Å². The third kappa shape index (κ3) is 9.43. The number of Topliss-reactive ketones (excluding diaryl/α,β-unsaturated/α-hetero) is 1. The number of likely N-dealkylation sites (tertiary alicyclic amines) is 1. The van der Waals surface area contributed by atoms with Crippen molar-refractivity contribution in [1.29, 1.82) is 0 Å². The van der Waals surface area contributed by atoms with Gasteiger partial charge in [-0.15, -0.1) is 6.58 Å². The van der Waals surface area contributed by atoms with Gasteiger partial charge in [-0.1, -0.05) is 46.1 Å². The van der Waals surface area contributed by atoms with Gasteiger partial charge < -0.3 is 36.0 Å². The summed E-state index contributed by atoms with van der Waals surface area (Å²) in [4.78, 5) is 82.3. The highest BCUT2D eigenvalue weighted by molar-refractivity contribution is 6.37. The number of carbonyl (C=O) groups excluding carboxylic acids is 6. The molecular weight excluding hydrogens is 566 g/mol. The molecule has 0 spiro atoms. The number of nitrogens with zero attached hydrogens (tertiary/aromatic N) is 3. The molecule has 4 N–H and O–H groups in total. The predicted molar refractivity (Wildman–Crippen MR) is 165 cm³/mol. The summed E-state index contributed by atoms with van der Waals surface area (Å²) in [5.41, 5.74) is -0.365. The molecular formula is C31H51N7O6. The van der Waals surface area contributed by atoms with Gasteiger partial charge in [0.2, 0.25) is 17.6 Å². The number of hydrogen-bond acceptors (Lipinski definition) is 6. The van der Waals surface area contributed by atoms with E-state index in [1.807, 2.05) is 20.8 Å². The monoisotopic (exact) mass is 617 g/mol. The summed E-state index contributed by atoms with van der Waals surface area (Å²) < 4.78 is 0. The van der Waals surface area contributed by atoms with Crippen molar-refractivity contribution in [1.82, 2.24) is 36.0 Å². The molecule has 246 valence electrons. The molecule has 2 aliphatic heterocycles. The Morgan fingerprint density at radius 3 is 2.30 bits per heavy atom. The fraction of sp³-hybridized carbons (Fsp3) is 0.742. The SMILES string of the molecule is C=CCNC(=O)C(=O)CNC(=O)[C@@H]1CCCN1C(=O)[C@@H](NC(=O)N[C@H](CN1CCCN(C)C1=O)C(C)(C)C)C1CCCCC1. The van der Waals surface area contributed by atoms with Crippen molar-refractivity contribution >= 4 is 35.6 Å². The van der Waals surface area contributed by atoms with E-state index in [-0.39, 0.29) is 35.9 Å². The van der Waals surface area contributed by atoms with Crippen molar-refractivity contribution < 1.29 is 28.8 Å². The molecule has 0 aromatic rings. The normalized spacial score (nSPS) is 20.9. The third-order valence-corrected chi connectivity index (χ3v) is 8.87. The fourth-order valence-corrected chi connectivity index (χ4v) is 6.16. The Hall–Kier alpha value is -3.64. The number of hydrogen-bond donors (Lipinski definition) is 4. The highest BCUT2D eigenvalue weighted by Gasteiger charge is 2.41. The van der Waals surface area contributed by atoms with Gasteiger partial charge >= 0.3 is 12.1 Å². The number of amides is 7. The molecule has 0 bridgehead atoms. The minimum atomic E-state index is -0.821. The largest absolute Gasteiger partial charge is 0.347 e. The number of rotatable bonds is 12. The highest BCUT2D eigenvalue weighted by atomic mass is 16.2. The van der Waals surface area contributed by atoms with Crippen LogP contribution in [0.25, 0.3) is 0 Å². The summed E-state index contributed by atoms with van der Waals surface area (Å²) in [6, 6.07) is -2.54. The summed E-state index contributed by atoms with van der Waals surface area (Å²) >= 11 is 0. The van der Waals surface area contributed by atoms with Crippen LogP contribution in [0.15, 0.2) is 12.7 Å². The average molecular weight is 618 g/mol. The number of carbonyl (C=O) groups is 6. The van der Waals surface area contributed by atoms with Crippen LogP contribution >= 0.6 is 0 Å². The zero-order chi connectivity index (χ0) is 32.4. The van der Waals surface area contributed by atoms with Gasteiger partial charge in [0, 0.05) is 39.8 Å². The molecule has 13 heteroatoms. The van der Waals surface area contributed by atoms with Crippen molar-refractivity contribution in [2.45, 2.75) is 90.3 Å². The topological polar surface area (TPSA) is 160 Å². The Balaban J connectivity index is 1.70. The first-order chi connectivity index (χ1) is 20.8. The summed E-state index contributed by atoms with van der Waals surface area (Å²) in [7, 11) is 1.77. The Morgan fingerprint density at radius 1 is 0.932 bits per heavy atom. The van der Waals surface area contributed by atoms with Crippen LogP contribution in [0.3, 0.4) is 0 Å². The molecule has 13 nitrogen and oxygen atoms in total. The number of nitrogens with one attached hydrogen (secondary N) is 4. The van der Waals surface area contributed by atoms with E-state index < -0.39 is 42.3 Å². The summed E-state index contributed by atoms with van der Waals surface area (Å²) in [6.45, 7) is 11.2. The van der Waals surface area contributed by atoms with Gasteiger partial charge in [-0.3, -0.25) is 19.2 Å². The van der Waals surface area contributed by atoms with Crippen LogP contribution in [0.4, 0.5) is 9.59 Å². The summed E-state index contributed by atoms with van der Waals surface area (Å²) in [5.74, 6) is -2.51. The van der Waals surface area contributed by atoms with Crippen LogP contribution in [0.2, 0.25) is 0 Å². The van der Waals surface area contributed by atoms with Gasteiger partial charge in [-0.05, 0) is 43.4 Å². The lowest BCUT2D eigenvalue weighted by atomic mass is 9.83. The molecule has 3 atom stereocenters. The maximum atomic E-state index is 14.0. The van der Waals surface area contributed by atoms with Crippen LogP contribution in [0.5, 0.6) is 0 Å². The van der Waals surface area contributed by atoms with E-state index >= 15 is 0 Å². The lowest BCUT2D eigenvalue weighted by Crippen LogP contribution is -2.61. The lowest BCUT2D eigenvalue weighted by Gasteiger charge is -2.40. The quantitative estimate of drug-likeness (QED) is 0.191. The molecule has 7 amide bonds. The van der Waals surface area contributed by atoms with Crippen LogP contribution in [-0.4, -0.2) is 115 Å². The van der Waals surface area contributed by atoms with Gasteiger partial charge in [0.05, 0.1) is 12.6 Å². The molecule has 0 unspecified atom stereocenters. The molecule has 3 fully saturated rings. The van der Waals surface area contributed by atoms with Gasteiger partial charge in [-0.25, -0.2) is 9.59 Å². The zero-order valence-corrected chi connectivity index (χ0v) is 26.8. The van der Waals surface area contributed by atoms with E-state index in [9.17, 15) is 28.8 Å². The van der Waals surface area contributed by atoms with Gasteiger partial charge in [-0.2, -0.15) is 0 Å². The molecule has 0 aromatic heterocycles. The van der Waals surface area contributed by atoms with Crippen LogP contribution in [0, 0.1) is 11.3 Å². The maximum absolute atomic E-state index is 14.0. The van der Waals surface area contributed by atoms with E-state index in [1.54, 1.807) is 16.8 Å². The van der Waals surface area contributed by atoms with Gasteiger partial charge in [0.1, 0.15) is 12.1 Å². The molecule has 1 aliphatic carbocycles.